The average molecular weight is 160 g/mol. The zero-order valence-electron chi connectivity index (χ0n) is 7.12. The van der Waals surface area contributed by atoms with Crippen molar-refractivity contribution in [1.29, 1.82) is 0 Å². The van der Waals surface area contributed by atoms with Gasteiger partial charge in [0.05, 0.1) is 19.3 Å². The fourth-order valence-corrected chi connectivity index (χ4v) is 0.502. The van der Waals surface area contributed by atoms with Gasteiger partial charge in [-0.25, -0.2) is 0 Å². The molecule has 0 spiro atoms. The number of ether oxygens (including phenoxy) is 2. The zero-order valence-corrected chi connectivity index (χ0v) is 7.12. The highest BCUT2D eigenvalue weighted by atomic mass is 16.6. The molecule has 66 valence electrons. The molecule has 0 radical (unpaired) electrons. The normalized spacial score (nSPS) is 13.5. The molecule has 1 N–H and O–H groups in total. The molecule has 0 rings (SSSR count). The van der Waals surface area contributed by atoms with Crippen LogP contribution in [0.2, 0.25) is 0 Å². The Bertz CT molecular complexity index is 102. The minimum atomic E-state index is -0.838. The van der Waals surface area contributed by atoms with E-state index in [9.17, 15) is 0 Å². The van der Waals surface area contributed by atoms with Gasteiger partial charge in [0.2, 0.25) is 0 Å². The van der Waals surface area contributed by atoms with Gasteiger partial charge in [-0.2, -0.15) is 0 Å². The van der Waals surface area contributed by atoms with E-state index in [-0.39, 0.29) is 12.7 Å². The van der Waals surface area contributed by atoms with Gasteiger partial charge in [0.25, 0.3) is 0 Å². The summed E-state index contributed by atoms with van der Waals surface area (Å²) >= 11 is 0. The SMILES string of the molecule is C=CCOC(O)COC(C)C. The second kappa shape index (κ2) is 6.34. The summed E-state index contributed by atoms with van der Waals surface area (Å²) in [5.41, 5.74) is 0. The number of aliphatic hydroxyl groups excluding tert-OH is 1. The molecule has 0 bridgehead atoms. The Morgan fingerprint density at radius 3 is 2.55 bits per heavy atom. The van der Waals surface area contributed by atoms with E-state index in [0.29, 0.717) is 6.61 Å². The van der Waals surface area contributed by atoms with Crippen molar-refractivity contribution in [1.82, 2.24) is 0 Å². The summed E-state index contributed by atoms with van der Waals surface area (Å²) in [5, 5.41) is 9.03. The van der Waals surface area contributed by atoms with Gasteiger partial charge < -0.3 is 14.6 Å². The topological polar surface area (TPSA) is 38.7 Å². The maximum Gasteiger partial charge on any atom is 0.178 e. The summed E-state index contributed by atoms with van der Waals surface area (Å²) in [6.07, 6.45) is 0.867. The number of hydrogen-bond donors (Lipinski definition) is 1. The van der Waals surface area contributed by atoms with E-state index in [0.717, 1.165) is 0 Å². The first kappa shape index (κ1) is 10.6. The van der Waals surface area contributed by atoms with E-state index in [1.54, 1.807) is 6.08 Å². The van der Waals surface area contributed by atoms with Crippen molar-refractivity contribution in [2.24, 2.45) is 0 Å². The van der Waals surface area contributed by atoms with Crippen LogP contribution in [0.1, 0.15) is 13.8 Å². The first-order valence-corrected chi connectivity index (χ1v) is 3.69. The Morgan fingerprint density at radius 1 is 1.45 bits per heavy atom. The van der Waals surface area contributed by atoms with Crippen LogP contribution < -0.4 is 0 Å². The molecular weight excluding hydrogens is 144 g/mol. The van der Waals surface area contributed by atoms with Crippen molar-refractivity contribution in [3.8, 4) is 0 Å². The fraction of sp³-hybridized carbons (Fsp3) is 0.750. The Labute approximate surface area is 67.6 Å². The molecule has 1 atom stereocenters. The summed E-state index contributed by atoms with van der Waals surface area (Å²) in [7, 11) is 0. The summed E-state index contributed by atoms with van der Waals surface area (Å²) in [6, 6.07) is 0. The molecule has 0 aliphatic heterocycles. The highest BCUT2D eigenvalue weighted by molar-refractivity contribution is 4.64. The molecular formula is C8H16O3. The van der Waals surface area contributed by atoms with Crippen LogP contribution in [0.4, 0.5) is 0 Å². The van der Waals surface area contributed by atoms with Crippen molar-refractivity contribution in [3.05, 3.63) is 12.7 Å². The lowest BCUT2D eigenvalue weighted by atomic mass is 10.5. The molecule has 0 aromatic rings. The predicted molar refractivity (Wildman–Crippen MR) is 43.2 cm³/mol. The van der Waals surface area contributed by atoms with E-state index in [1.165, 1.54) is 0 Å². The Kier molecular flexibility index (Phi) is 6.12. The monoisotopic (exact) mass is 160 g/mol. The molecule has 0 saturated carbocycles. The highest BCUT2D eigenvalue weighted by Gasteiger charge is 2.03. The van der Waals surface area contributed by atoms with Crippen molar-refractivity contribution >= 4 is 0 Å². The molecule has 0 aromatic heterocycles. The summed E-state index contributed by atoms with van der Waals surface area (Å²) in [4.78, 5) is 0. The standard InChI is InChI=1S/C8H16O3/c1-4-5-10-8(9)6-11-7(2)3/h4,7-9H,1,5-6H2,2-3H3. The molecule has 0 aliphatic carbocycles. The molecule has 3 nitrogen and oxygen atoms in total. The Balaban J connectivity index is 3.21. The van der Waals surface area contributed by atoms with Gasteiger partial charge in [-0.15, -0.1) is 6.58 Å². The average Bonchev–Trinajstić information content (AvgIpc) is 1.97. The van der Waals surface area contributed by atoms with E-state index >= 15 is 0 Å². The predicted octanol–water partition coefficient (Wildman–Crippen LogP) is 0.932. The minimum Gasteiger partial charge on any atom is -0.374 e. The molecule has 3 heteroatoms. The molecule has 0 aromatic carbocycles. The summed E-state index contributed by atoms with van der Waals surface area (Å²) in [5.74, 6) is 0. The molecule has 0 amide bonds. The lowest BCUT2D eigenvalue weighted by Crippen LogP contribution is -2.21. The fourth-order valence-electron chi connectivity index (χ4n) is 0.502. The van der Waals surface area contributed by atoms with Crippen LogP contribution in [0.5, 0.6) is 0 Å². The van der Waals surface area contributed by atoms with Crippen LogP contribution in [0, 0.1) is 0 Å². The first-order chi connectivity index (χ1) is 5.16. The summed E-state index contributed by atoms with van der Waals surface area (Å²) in [6.45, 7) is 7.82. The van der Waals surface area contributed by atoms with Crippen LogP contribution in [-0.4, -0.2) is 30.7 Å². The molecule has 11 heavy (non-hydrogen) atoms. The molecule has 0 saturated heterocycles. The minimum absolute atomic E-state index is 0.122. The lowest BCUT2D eigenvalue weighted by molar-refractivity contribution is -0.138. The number of rotatable bonds is 6. The Morgan fingerprint density at radius 2 is 2.09 bits per heavy atom. The van der Waals surface area contributed by atoms with Gasteiger partial charge in [-0.1, -0.05) is 6.08 Å². The van der Waals surface area contributed by atoms with Gasteiger partial charge in [-0.05, 0) is 13.8 Å². The summed E-state index contributed by atoms with van der Waals surface area (Å²) < 4.78 is 9.95. The Hall–Kier alpha value is -0.380. The van der Waals surface area contributed by atoms with Crippen molar-refractivity contribution in [2.45, 2.75) is 26.2 Å². The molecule has 1 unspecified atom stereocenters. The second-order valence-corrected chi connectivity index (χ2v) is 2.46. The van der Waals surface area contributed by atoms with Crippen LogP contribution >= 0.6 is 0 Å². The third-order valence-corrected chi connectivity index (χ3v) is 0.979. The van der Waals surface area contributed by atoms with Crippen molar-refractivity contribution < 1.29 is 14.6 Å². The van der Waals surface area contributed by atoms with E-state index < -0.39 is 6.29 Å². The molecule has 0 fully saturated rings. The lowest BCUT2D eigenvalue weighted by Gasteiger charge is -2.12. The van der Waals surface area contributed by atoms with Gasteiger partial charge in [-0.3, -0.25) is 0 Å². The maximum absolute atomic E-state index is 9.03. The smallest absolute Gasteiger partial charge is 0.178 e. The van der Waals surface area contributed by atoms with E-state index in [4.69, 9.17) is 14.6 Å². The zero-order chi connectivity index (χ0) is 8.69. The molecule has 0 aliphatic rings. The first-order valence-electron chi connectivity index (χ1n) is 3.69. The van der Waals surface area contributed by atoms with Gasteiger partial charge in [0.15, 0.2) is 6.29 Å². The largest absolute Gasteiger partial charge is 0.374 e. The quantitative estimate of drug-likeness (QED) is 0.464. The van der Waals surface area contributed by atoms with Gasteiger partial charge in [0, 0.05) is 0 Å². The van der Waals surface area contributed by atoms with Gasteiger partial charge in [0.1, 0.15) is 0 Å². The van der Waals surface area contributed by atoms with Gasteiger partial charge >= 0.3 is 0 Å². The van der Waals surface area contributed by atoms with Crippen LogP contribution in [0.25, 0.3) is 0 Å². The second-order valence-electron chi connectivity index (χ2n) is 2.46. The van der Waals surface area contributed by atoms with E-state index in [2.05, 4.69) is 6.58 Å². The third-order valence-electron chi connectivity index (χ3n) is 0.979. The van der Waals surface area contributed by atoms with Crippen LogP contribution in [-0.2, 0) is 9.47 Å². The molecule has 0 heterocycles. The third kappa shape index (κ3) is 7.52. The van der Waals surface area contributed by atoms with E-state index in [1.807, 2.05) is 13.8 Å². The number of aliphatic hydroxyl groups is 1. The van der Waals surface area contributed by atoms with Crippen molar-refractivity contribution in [2.75, 3.05) is 13.2 Å². The number of hydrogen-bond acceptors (Lipinski definition) is 3. The maximum atomic E-state index is 9.03. The van der Waals surface area contributed by atoms with Crippen molar-refractivity contribution in [3.63, 3.8) is 0 Å². The van der Waals surface area contributed by atoms with Crippen LogP contribution in [0.3, 0.4) is 0 Å². The van der Waals surface area contributed by atoms with Crippen LogP contribution in [0.15, 0.2) is 12.7 Å². The highest BCUT2D eigenvalue weighted by Crippen LogP contribution is 1.93.